The van der Waals surface area contributed by atoms with Crippen LogP contribution in [0.1, 0.15) is 5.69 Å². The lowest BCUT2D eigenvalue weighted by molar-refractivity contribution is 1.04. The van der Waals surface area contributed by atoms with Gasteiger partial charge in [-0.2, -0.15) is 0 Å². The van der Waals surface area contributed by atoms with Crippen LogP contribution < -0.4 is 5.32 Å². The summed E-state index contributed by atoms with van der Waals surface area (Å²) in [6, 6.07) is 0. The molecule has 0 spiro atoms. The maximum atomic E-state index is 5.59. The van der Waals surface area contributed by atoms with Crippen LogP contribution >= 0.6 is 11.6 Å². The summed E-state index contributed by atoms with van der Waals surface area (Å²) in [6.07, 6.45) is 6.45. The van der Waals surface area contributed by atoms with Gasteiger partial charge in [-0.15, -0.1) is 0 Å². The van der Waals surface area contributed by atoms with Crippen LogP contribution in [0.15, 0.2) is 24.9 Å². The topological polar surface area (TPSA) is 66.5 Å². The molecule has 2 N–H and O–H groups in total. The summed E-state index contributed by atoms with van der Waals surface area (Å²) in [5, 5.41) is 3.46. The predicted molar refractivity (Wildman–Crippen MR) is 53.0 cm³/mol. The molecule has 0 aliphatic heterocycles. The third kappa shape index (κ3) is 2.20. The Labute approximate surface area is 85.6 Å². The van der Waals surface area contributed by atoms with E-state index >= 15 is 0 Å². The van der Waals surface area contributed by atoms with Gasteiger partial charge in [0.25, 0.3) is 0 Å². The van der Waals surface area contributed by atoms with E-state index in [9.17, 15) is 0 Å². The summed E-state index contributed by atoms with van der Waals surface area (Å²) < 4.78 is 0. The van der Waals surface area contributed by atoms with Gasteiger partial charge >= 0.3 is 0 Å². The Morgan fingerprint density at radius 3 is 2.86 bits per heavy atom. The van der Waals surface area contributed by atoms with Crippen molar-refractivity contribution in [3.63, 3.8) is 0 Å². The highest BCUT2D eigenvalue weighted by atomic mass is 35.5. The van der Waals surface area contributed by atoms with E-state index in [1.54, 1.807) is 18.7 Å². The van der Waals surface area contributed by atoms with Crippen LogP contribution in [0.2, 0.25) is 5.15 Å². The zero-order chi connectivity index (χ0) is 9.80. The molecule has 0 saturated heterocycles. The summed E-state index contributed by atoms with van der Waals surface area (Å²) in [7, 11) is 0. The highest BCUT2D eigenvalue weighted by molar-refractivity contribution is 6.29. The molecule has 2 aromatic heterocycles. The number of nitrogens with one attached hydrogen (secondary N) is 2. The number of H-pyrrole nitrogens is 1. The lowest BCUT2D eigenvalue weighted by atomic mass is 10.4. The molecule has 2 rings (SSSR count). The summed E-state index contributed by atoms with van der Waals surface area (Å²) >= 11 is 5.59. The molecule has 2 heterocycles. The first kappa shape index (κ1) is 8.96. The molecule has 5 nitrogen and oxygen atoms in total. The fourth-order valence-corrected chi connectivity index (χ4v) is 1.07. The fourth-order valence-electron chi connectivity index (χ4n) is 0.971. The second-order valence-electron chi connectivity index (χ2n) is 2.65. The first-order valence-corrected chi connectivity index (χ1v) is 4.41. The quantitative estimate of drug-likeness (QED) is 0.804. The van der Waals surface area contributed by atoms with E-state index in [1.165, 1.54) is 6.20 Å². The Morgan fingerprint density at radius 1 is 1.29 bits per heavy atom. The lowest BCUT2D eigenvalue weighted by Gasteiger charge is -2.02. The second kappa shape index (κ2) is 4.06. The van der Waals surface area contributed by atoms with Crippen molar-refractivity contribution in [2.75, 3.05) is 5.32 Å². The minimum atomic E-state index is 0.386. The molecule has 0 aliphatic rings. The number of aromatic amines is 1. The first-order valence-electron chi connectivity index (χ1n) is 4.03. The number of rotatable bonds is 3. The summed E-state index contributed by atoms with van der Waals surface area (Å²) in [5.41, 5.74) is 0.988. The summed E-state index contributed by atoms with van der Waals surface area (Å²) in [4.78, 5) is 14.8. The molecule has 72 valence electrons. The molecule has 0 atom stereocenters. The number of anilines is 1. The Balaban J connectivity index is 1.95. The van der Waals surface area contributed by atoms with Crippen LogP contribution in [-0.2, 0) is 6.54 Å². The monoisotopic (exact) mass is 209 g/mol. The zero-order valence-corrected chi connectivity index (χ0v) is 7.99. The van der Waals surface area contributed by atoms with Crippen molar-refractivity contribution in [1.29, 1.82) is 0 Å². The highest BCUT2D eigenvalue weighted by Gasteiger charge is 1.96. The van der Waals surface area contributed by atoms with E-state index in [-0.39, 0.29) is 0 Å². The van der Waals surface area contributed by atoms with Crippen molar-refractivity contribution < 1.29 is 0 Å². The van der Waals surface area contributed by atoms with E-state index in [0.717, 1.165) is 5.69 Å². The van der Waals surface area contributed by atoms with Gasteiger partial charge < -0.3 is 10.3 Å². The molecule has 0 bridgehead atoms. The lowest BCUT2D eigenvalue weighted by Crippen LogP contribution is -2.01. The van der Waals surface area contributed by atoms with E-state index in [1.807, 2.05) is 0 Å². The van der Waals surface area contributed by atoms with Crippen molar-refractivity contribution in [2.24, 2.45) is 0 Å². The molecular weight excluding hydrogens is 202 g/mol. The molecule has 6 heteroatoms. The van der Waals surface area contributed by atoms with Gasteiger partial charge in [0.05, 0.1) is 31.0 Å². The van der Waals surface area contributed by atoms with Crippen molar-refractivity contribution >= 4 is 17.4 Å². The van der Waals surface area contributed by atoms with Crippen LogP contribution in [0.4, 0.5) is 5.82 Å². The van der Waals surface area contributed by atoms with Crippen molar-refractivity contribution in [1.82, 2.24) is 19.9 Å². The maximum absolute atomic E-state index is 5.59. The third-order valence-corrected chi connectivity index (χ3v) is 1.83. The largest absolute Gasteiger partial charge is 0.363 e. The molecule has 0 radical (unpaired) electrons. The van der Waals surface area contributed by atoms with Gasteiger partial charge in [-0.1, -0.05) is 11.6 Å². The van der Waals surface area contributed by atoms with Crippen molar-refractivity contribution in [3.05, 3.63) is 35.8 Å². The van der Waals surface area contributed by atoms with Crippen LogP contribution in [0.5, 0.6) is 0 Å². The maximum Gasteiger partial charge on any atom is 0.147 e. The zero-order valence-electron chi connectivity index (χ0n) is 7.24. The number of halogens is 1. The van der Waals surface area contributed by atoms with E-state index < -0.39 is 0 Å². The average molecular weight is 210 g/mol. The summed E-state index contributed by atoms with van der Waals surface area (Å²) in [5.74, 6) is 0.684. The Bertz CT molecular complexity index is 383. The first-order chi connectivity index (χ1) is 6.84. The van der Waals surface area contributed by atoms with Crippen molar-refractivity contribution in [2.45, 2.75) is 6.54 Å². The minimum Gasteiger partial charge on any atom is -0.363 e. The van der Waals surface area contributed by atoms with Crippen LogP contribution in [0, 0.1) is 0 Å². The standard InChI is InChI=1S/C8H8ClN5/c9-7-3-13-8(4-11-7)12-2-6-1-10-5-14-6/h1,3-5H,2H2,(H,10,14)(H,12,13). The molecule has 0 amide bonds. The van der Waals surface area contributed by atoms with Gasteiger partial charge in [0, 0.05) is 6.20 Å². The number of nitrogens with zero attached hydrogens (tertiary/aromatic N) is 3. The second-order valence-corrected chi connectivity index (χ2v) is 3.04. The molecular formula is C8H8ClN5. The van der Waals surface area contributed by atoms with E-state index in [2.05, 4.69) is 25.3 Å². The Hall–Kier alpha value is -1.62. The van der Waals surface area contributed by atoms with Gasteiger partial charge in [-0.3, -0.25) is 0 Å². The number of hydrogen-bond acceptors (Lipinski definition) is 4. The molecule has 0 unspecified atom stereocenters. The molecule has 0 fully saturated rings. The smallest absolute Gasteiger partial charge is 0.147 e. The molecule has 0 aromatic carbocycles. The van der Waals surface area contributed by atoms with Crippen LogP contribution in [0.3, 0.4) is 0 Å². The van der Waals surface area contributed by atoms with Gasteiger partial charge in [0.15, 0.2) is 0 Å². The third-order valence-electron chi connectivity index (χ3n) is 1.64. The Morgan fingerprint density at radius 2 is 2.21 bits per heavy atom. The molecule has 0 aliphatic carbocycles. The van der Waals surface area contributed by atoms with E-state index in [0.29, 0.717) is 17.5 Å². The van der Waals surface area contributed by atoms with Crippen molar-refractivity contribution in [3.8, 4) is 0 Å². The van der Waals surface area contributed by atoms with E-state index in [4.69, 9.17) is 11.6 Å². The number of imidazole rings is 1. The minimum absolute atomic E-state index is 0.386. The molecule has 14 heavy (non-hydrogen) atoms. The number of aromatic nitrogens is 4. The van der Waals surface area contributed by atoms with Crippen LogP contribution in [0.25, 0.3) is 0 Å². The predicted octanol–water partition coefficient (Wildman–Crippen LogP) is 1.47. The average Bonchev–Trinajstić information content (AvgIpc) is 2.70. The number of hydrogen-bond donors (Lipinski definition) is 2. The van der Waals surface area contributed by atoms with Crippen LogP contribution in [-0.4, -0.2) is 19.9 Å². The van der Waals surface area contributed by atoms with Gasteiger partial charge in [-0.05, 0) is 0 Å². The van der Waals surface area contributed by atoms with Gasteiger partial charge in [0.2, 0.25) is 0 Å². The van der Waals surface area contributed by atoms with Gasteiger partial charge in [0.1, 0.15) is 11.0 Å². The fraction of sp³-hybridized carbons (Fsp3) is 0.125. The normalized spacial score (nSPS) is 10.1. The summed E-state index contributed by atoms with van der Waals surface area (Å²) in [6.45, 7) is 0.635. The Kier molecular flexibility index (Phi) is 2.60. The molecule has 0 saturated carbocycles. The highest BCUT2D eigenvalue weighted by Crippen LogP contribution is 2.06. The van der Waals surface area contributed by atoms with Gasteiger partial charge in [-0.25, -0.2) is 15.0 Å². The SMILES string of the molecule is Clc1cnc(NCc2cnc[nH]2)cn1. The molecule has 2 aromatic rings.